The van der Waals surface area contributed by atoms with Gasteiger partial charge in [0.05, 0.1) is 4.70 Å². The minimum Gasteiger partial charge on any atom is -0.390 e. The maximum atomic E-state index is 11.3. The van der Waals surface area contributed by atoms with Gasteiger partial charge in [0.1, 0.15) is 5.52 Å². The highest BCUT2D eigenvalue weighted by molar-refractivity contribution is 7.24. The first-order chi connectivity index (χ1) is 10.3. The van der Waals surface area contributed by atoms with E-state index in [9.17, 15) is 10.1 Å². The summed E-state index contributed by atoms with van der Waals surface area (Å²) in [7, 11) is 0. The van der Waals surface area contributed by atoms with Crippen LogP contribution in [0, 0.1) is 10.1 Å². The number of hydrogen-bond donors (Lipinski definition) is 0. The van der Waals surface area contributed by atoms with Crippen LogP contribution in [0.3, 0.4) is 0 Å². The highest BCUT2D eigenvalue weighted by atomic mass is 32.1. The van der Waals surface area contributed by atoms with Gasteiger partial charge < -0.3 is 10.1 Å². The molecule has 2 aromatic heterocycles. The molecule has 2 aromatic carbocycles. The molecule has 0 atom stereocenters. The fourth-order valence-corrected chi connectivity index (χ4v) is 3.59. The van der Waals surface area contributed by atoms with Crippen LogP contribution in [-0.4, -0.2) is 14.3 Å². The van der Waals surface area contributed by atoms with Crippen molar-refractivity contribution in [2.24, 2.45) is 0 Å². The molecular formula is C15H9N3O2S. The van der Waals surface area contributed by atoms with Gasteiger partial charge in [-0.05, 0) is 17.1 Å². The molecule has 5 nitrogen and oxygen atoms in total. The average molecular weight is 295 g/mol. The van der Waals surface area contributed by atoms with Crippen molar-refractivity contribution >= 4 is 32.3 Å². The van der Waals surface area contributed by atoms with E-state index < -0.39 is 4.92 Å². The summed E-state index contributed by atoms with van der Waals surface area (Å²) in [5.74, 6) is -0.138. The van der Waals surface area contributed by atoms with E-state index in [2.05, 4.69) is 4.98 Å². The van der Waals surface area contributed by atoms with Crippen LogP contribution in [0.15, 0.2) is 54.6 Å². The van der Waals surface area contributed by atoms with Crippen LogP contribution in [-0.2, 0) is 0 Å². The SMILES string of the molecule is O=[N+]([O-])c1nc(-c2ccccc2)c2sc3ccccc3n12. The van der Waals surface area contributed by atoms with Gasteiger partial charge in [-0.3, -0.25) is 0 Å². The second kappa shape index (κ2) is 4.39. The molecule has 0 radical (unpaired) electrons. The number of benzene rings is 2. The monoisotopic (exact) mass is 295 g/mol. The van der Waals surface area contributed by atoms with Gasteiger partial charge in [-0.25, -0.2) is 0 Å². The number of nitrogens with zero attached hydrogens (tertiary/aromatic N) is 3. The van der Waals surface area contributed by atoms with Gasteiger partial charge in [0.2, 0.25) is 4.83 Å². The Morgan fingerprint density at radius 3 is 2.52 bits per heavy atom. The lowest BCUT2D eigenvalue weighted by molar-refractivity contribution is -0.394. The van der Waals surface area contributed by atoms with Crippen LogP contribution in [0.5, 0.6) is 0 Å². The van der Waals surface area contributed by atoms with Crippen LogP contribution in [0.25, 0.3) is 26.3 Å². The molecule has 0 saturated carbocycles. The molecular weight excluding hydrogens is 286 g/mol. The Morgan fingerprint density at radius 2 is 1.76 bits per heavy atom. The summed E-state index contributed by atoms with van der Waals surface area (Å²) in [5, 5.41) is 11.3. The summed E-state index contributed by atoms with van der Waals surface area (Å²) in [5.41, 5.74) is 2.36. The molecule has 0 aliphatic carbocycles. The standard InChI is InChI=1S/C15H9N3O2S/c19-18(20)15-16-13(10-6-2-1-3-7-10)14-17(15)11-8-4-5-9-12(11)21-14/h1-9H. The van der Waals surface area contributed by atoms with E-state index in [0.717, 1.165) is 20.6 Å². The number of thiazole rings is 1. The van der Waals surface area contributed by atoms with Gasteiger partial charge in [0.15, 0.2) is 5.69 Å². The van der Waals surface area contributed by atoms with E-state index in [4.69, 9.17) is 0 Å². The zero-order valence-electron chi connectivity index (χ0n) is 10.8. The maximum absolute atomic E-state index is 11.3. The third kappa shape index (κ3) is 1.73. The lowest BCUT2D eigenvalue weighted by Crippen LogP contribution is -1.94. The third-order valence-corrected chi connectivity index (χ3v) is 4.48. The first kappa shape index (κ1) is 12.0. The fourth-order valence-electron chi connectivity index (χ4n) is 2.44. The van der Waals surface area contributed by atoms with Crippen molar-refractivity contribution in [2.45, 2.75) is 0 Å². The zero-order chi connectivity index (χ0) is 14.4. The topological polar surface area (TPSA) is 60.4 Å². The number of rotatable bonds is 2. The molecule has 0 fully saturated rings. The zero-order valence-corrected chi connectivity index (χ0v) is 11.6. The number of nitro groups is 1. The van der Waals surface area contributed by atoms with Gasteiger partial charge >= 0.3 is 5.95 Å². The normalized spacial score (nSPS) is 11.2. The van der Waals surface area contributed by atoms with E-state index in [1.54, 1.807) is 4.40 Å². The van der Waals surface area contributed by atoms with Crippen molar-refractivity contribution in [1.29, 1.82) is 0 Å². The minimum atomic E-state index is -0.432. The minimum absolute atomic E-state index is 0.138. The molecule has 21 heavy (non-hydrogen) atoms. The summed E-state index contributed by atoms with van der Waals surface area (Å²) in [6.45, 7) is 0. The van der Waals surface area contributed by atoms with Gasteiger partial charge in [-0.2, -0.15) is 4.40 Å². The highest BCUT2D eigenvalue weighted by Gasteiger charge is 2.26. The van der Waals surface area contributed by atoms with Crippen LogP contribution in [0.2, 0.25) is 0 Å². The molecule has 0 saturated heterocycles. The molecule has 2 heterocycles. The molecule has 4 rings (SSSR count). The predicted molar refractivity (Wildman–Crippen MR) is 82.7 cm³/mol. The lowest BCUT2D eigenvalue weighted by atomic mass is 10.2. The van der Waals surface area contributed by atoms with Crippen molar-refractivity contribution in [2.75, 3.05) is 0 Å². The molecule has 0 aliphatic heterocycles. The Bertz CT molecular complexity index is 973. The molecule has 0 aliphatic rings. The Hall–Kier alpha value is -2.73. The smallest absolute Gasteiger partial charge is 0.390 e. The van der Waals surface area contributed by atoms with Gasteiger partial charge in [0.25, 0.3) is 0 Å². The van der Waals surface area contributed by atoms with E-state index in [1.807, 2.05) is 54.6 Å². The van der Waals surface area contributed by atoms with Crippen molar-refractivity contribution < 1.29 is 4.92 Å². The molecule has 0 N–H and O–H groups in total. The predicted octanol–water partition coefficient (Wildman–Crippen LogP) is 4.12. The highest BCUT2D eigenvalue weighted by Crippen LogP contribution is 2.37. The van der Waals surface area contributed by atoms with Crippen LogP contribution in [0.1, 0.15) is 0 Å². The average Bonchev–Trinajstić information content (AvgIpc) is 3.05. The summed E-state index contributed by atoms with van der Waals surface area (Å²) >= 11 is 1.52. The van der Waals surface area contributed by atoms with E-state index >= 15 is 0 Å². The summed E-state index contributed by atoms with van der Waals surface area (Å²) < 4.78 is 2.64. The Kier molecular flexibility index (Phi) is 2.52. The quantitative estimate of drug-likeness (QED) is 0.413. The fraction of sp³-hybridized carbons (Fsp3) is 0. The number of imidazole rings is 1. The van der Waals surface area contributed by atoms with E-state index in [0.29, 0.717) is 5.69 Å². The molecule has 0 bridgehead atoms. The first-order valence-electron chi connectivity index (χ1n) is 6.35. The second-order valence-electron chi connectivity index (χ2n) is 4.59. The van der Waals surface area contributed by atoms with Crippen molar-refractivity contribution in [1.82, 2.24) is 9.38 Å². The van der Waals surface area contributed by atoms with E-state index in [1.165, 1.54) is 11.3 Å². The number of aromatic nitrogens is 2. The third-order valence-electron chi connectivity index (χ3n) is 3.34. The number of fused-ring (bicyclic) bond motifs is 3. The molecule has 102 valence electrons. The summed E-state index contributed by atoms with van der Waals surface area (Å²) in [6, 6.07) is 17.2. The van der Waals surface area contributed by atoms with Gasteiger partial charge in [0, 0.05) is 5.56 Å². The number of hydrogen-bond acceptors (Lipinski definition) is 4. The van der Waals surface area contributed by atoms with Gasteiger partial charge in [-0.1, -0.05) is 58.8 Å². The Balaban J connectivity index is 2.16. The van der Waals surface area contributed by atoms with Crippen LogP contribution < -0.4 is 0 Å². The molecule has 6 heteroatoms. The summed E-state index contributed by atoms with van der Waals surface area (Å²) in [6.07, 6.45) is 0. The maximum Gasteiger partial charge on any atom is 0.441 e. The van der Waals surface area contributed by atoms with Gasteiger partial charge in [-0.15, -0.1) is 0 Å². The van der Waals surface area contributed by atoms with Crippen molar-refractivity contribution in [3.05, 3.63) is 64.7 Å². The largest absolute Gasteiger partial charge is 0.441 e. The van der Waals surface area contributed by atoms with Crippen molar-refractivity contribution in [3.63, 3.8) is 0 Å². The summed E-state index contributed by atoms with van der Waals surface area (Å²) in [4.78, 5) is 15.9. The second-order valence-corrected chi connectivity index (χ2v) is 5.62. The number of para-hydroxylation sites is 1. The lowest BCUT2D eigenvalue weighted by Gasteiger charge is -1.92. The van der Waals surface area contributed by atoms with Crippen LogP contribution >= 0.6 is 11.3 Å². The molecule has 0 spiro atoms. The molecule has 0 amide bonds. The Morgan fingerprint density at radius 1 is 1.05 bits per heavy atom. The Labute approximate surface area is 123 Å². The van der Waals surface area contributed by atoms with E-state index in [-0.39, 0.29) is 5.95 Å². The molecule has 0 unspecified atom stereocenters. The first-order valence-corrected chi connectivity index (χ1v) is 7.17. The molecule has 4 aromatic rings. The van der Waals surface area contributed by atoms with Crippen LogP contribution in [0.4, 0.5) is 5.95 Å². The van der Waals surface area contributed by atoms with Crippen molar-refractivity contribution in [3.8, 4) is 11.3 Å².